The fourth-order valence-corrected chi connectivity index (χ4v) is 2.72. The van der Waals surface area contributed by atoms with E-state index in [4.69, 9.17) is 14.0 Å². The second-order valence-corrected chi connectivity index (χ2v) is 5.75. The molecule has 2 aromatic rings. The SMILES string of the molecule is COc1ccc([C@]2(C)NC(=O)N(Cc3nc(C)no3)C2=O)cc1OC. The van der Waals surface area contributed by atoms with Gasteiger partial charge in [-0.15, -0.1) is 0 Å². The third-order valence-corrected chi connectivity index (χ3v) is 4.10. The number of aromatic nitrogens is 2. The van der Waals surface area contributed by atoms with Gasteiger partial charge in [-0.2, -0.15) is 4.98 Å². The summed E-state index contributed by atoms with van der Waals surface area (Å²) in [7, 11) is 3.03. The van der Waals surface area contributed by atoms with E-state index in [2.05, 4.69) is 15.5 Å². The summed E-state index contributed by atoms with van der Waals surface area (Å²) >= 11 is 0. The van der Waals surface area contributed by atoms with E-state index in [1.54, 1.807) is 32.0 Å². The zero-order chi connectivity index (χ0) is 18.2. The summed E-state index contributed by atoms with van der Waals surface area (Å²) in [6.45, 7) is 3.20. The number of hydrogen-bond acceptors (Lipinski definition) is 7. The summed E-state index contributed by atoms with van der Waals surface area (Å²) in [5.41, 5.74) is -0.654. The first kappa shape index (κ1) is 16.7. The van der Waals surface area contributed by atoms with E-state index in [0.29, 0.717) is 22.9 Å². The average molecular weight is 346 g/mol. The fourth-order valence-electron chi connectivity index (χ4n) is 2.72. The van der Waals surface area contributed by atoms with Crippen molar-refractivity contribution in [3.05, 3.63) is 35.5 Å². The van der Waals surface area contributed by atoms with E-state index < -0.39 is 17.5 Å². The summed E-state index contributed by atoms with van der Waals surface area (Å²) in [4.78, 5) is 30.3. The molecule has 9 heteroatoms. The van der Waals surface area contributed by atoms with Gasteiger partial charge in [0.15, 0.2) is 17.3 Å². The molecule has 0 unspecified atom stereocenters. The van der Waals surface area contributed by atoms with E-state index in [1.165, 1.54) is 14.2 Å². The third kappa shape index (κ3) is 2.77. The zero-order valence-electron chi connectivity index (χ0n) is 14.3. The predicted octanol–water partition coefficient (Wildman–Crippen LogP) is 1.36. The van der Waals surface area contributed by atoms with Gasteiger partial charge in [0.2, 0.25) is 5.89 Å². The molecule has 3 rings (SSSR count). The number of carbonyl (C=O) groups excluding carboxylic acids is 2. The molecule has 1 aliphatic heterocycles. The number of imide groups is 1. The Labute approximate surface area is 143 Å². The molecule has 0 aliphatic carbocycles. The number of methoxy groups -OCH3 is 2. The fraction of sp³-hybridized carbons (Fsp3) is 0.375. The van der Waals surface area contributed by atoms with Gasteiger partial charge in [-0.1, -0.05) is 11.2 Å². The number of nitrogens with one attached hydrogen (secondary N) is 1. The van der Waals surface area contributed by atoms with Crippen LogP contribution in [-0.4, -0.2) is 41.2 Å². The Bertz CT molecular complexity index is 834. The number of aryl methyl sites for hydroxylation is 1. The van der Waals surface area contributed by atoms with E-state index in [9.17, 15) is 9.59 Å². The number of amides is 3. The molecule has 25 heavy (non-hydrogen) atoms. The van der Waals surface area contributed by atoms with Crippen LogP contribution in [0.25, 0.3) is 0 Å². The minimum atomic E-state index is -1.23. The van der Waals surface area contributed by atoms with E-state index in [1.807, 2.05) is 0 Å². The van der Waals surface area contributed by atoms with Gasteiger partial charge in [0.1, 0.15) is 12.1 Å². The van der Waals surface area contributed by atoms with Crippen molar-refractivity contribution in [2.45, 2.75) is 25.9 Å². The Morgan fingerprint density at radius 2 is 1.96 bits per heavy atom. The summed E-state index contributed by atoms with van der Waals surface area (Å²) in [6, 6.07) is 4.53. The molecular formula is C16H18N4O5. The van der Waals surface area contributed by atoms with Gasteiger partial charge in [0, 0.05) is 0 Å². The number of hydrogen-bond donors (Lipinski definition) is 1. The maximum Gasteiger partial charge on any atom is 0.325 e. The molecule has 1 fully saturated rings. The van der Waals surface area contributed by atoms with Crippen LogP contribution in [0.4, 0.5) is 4.79 Å². The van der Waals surface area contributed by atoms with E-state index in [0.717, 1.165) is 4.90 Å². The molecular weight excluding hydrogens is 328 g/mol. The van der Waals surface area contributed by atoms with Crippen molar-refractivity contribution in [3.8, 4) is 11.5 Å². The number of ether oxygens (including phenoxy) is 2. The molecule has 0 radical (unpaired) electrons. The summed E-state index contributed by atoms with van der Waals surface area (Å²) < 4.78 is 15.5. The molecule has 1 N–H and O–H groups in total. The molecule has 0 bridgehead atoms. The molecule has 3 amide bonds. The van der Waals surface area contributed by atoms with Gasteiger partial charge < -0.3 is 19.3 Å². The van der Waals surface area contributed by atoms with Gasteiger partial charge in [-0.05, 0) is 31.5 Å². The Kier molecular flexibility index (Phi) is 4.07. The standard InChI is InChI=1S/C16H18N4O5/c1-9-17-13(25-19-9)8-20-14(21)16(2,18-15(20)22)10-5-6-11(23-3)12(7-10)24-4/h5-7H,8H2,1-4H3,(H,18,22)/t16-/m0/s1. The van der Waals surface area contributed by atoms with Crippen LogP contribution < -0.4 is 14.8 Å². The van der Waals surface area contributed by atoms with Crippen molar-refractivity contribution in [2.75, 3.05) is 14.2 Å². The van der Waals surface area contributed by atoms with Gasteiger partial charge in [-0.3, -0.25) is 9.69 Å². The highest BCUT2D eigenvalue weighted by molar-refractivity contribution is 6.07. The quantitative estimate of drug-likeness (QED) is 0.815. The first-order valence-electron chi connectivity index (χ1n) is 7.55. The van der Waals surface area contributed by atoms with Crippen LogP contribution in [0, 0.1) is 6.92 Å². The number of urea groups is 1. The van der Waals surface area contributed by atoms with Crippen LogP contribution in [0.5, 0.6) is 11.5 Å². The predicted molar refractivity (Wildman–Crippen MR) is 85.0 cm³/mol. The van der Waals surface area contributed by atoms with Crippen molar-refractivity contribution in [1.29, 1.82) is 0 Å². The highest BCUT2D eigenvalue weighted by Crippen LogP contribution is 2.35. The van der Waals surface area contributed by atoms with Crippen LogP contribution in [0.2, 0.25) is 0 Å². The molecule has 2 heterocycles. The van der Waals surface area contributed by atoms with E-state index >= 15 is 0 Å². The Hall–Kier alpha value is -3.10. The van der Waals surface area contributed by atoms with Crippen molar-refractivity contribution in [2.24, 2.45) is 0 Å². The van der Waals surface area contributed by atoms with Gasteiger partial charge in [0.25, 0.3) is 5.91 Å². The number of nitrogens with zero attached hydrogens (tertiary/aromatic N) is 3. The lowest BCUT2D eigenvalue weighted by Crippen LogP contribution is -2.40. The smallest absolute Gasteiger partial charge is 0.325 e. The van der Waals surface area contributed by atoms with Crippen molar-refractivity contribution < 1.29 is 23.6 Å². The minimum absolute atomic E-state index is 0.0889. The molecule has 1 aromatic carbocycles. The normalized spacial score (nSPS) is 19.9. The maximum atomic E-state index is 12.9. The van der Waals surface area contributed by atoms with Gasteiger partial charge in [0.05, 0.1) is 14.2 Å². The monoisotopic (exact) mass is 346 g/mol. The summed E-state index contributed by atoms with van der Waals surface area (Å²) in [6.07, 6.45) is 0. The molecule has 0 saturated carbocycles. The number of benzene rings is 1. The van der Waals surface area contributed by atoms with Crippen molar-refractivity contribution in [1.82, 2.24) is 20.4 Å². The second-order valence-electron chi connectivity index (χ2n) is 5.75. The summed E-state index contributed by atoms with van der Waals surface area (Å²) in [5, 5.41) is 6.37. The number of rotatable bonds is 5. The zero-order valence-corrected chi connectivity index (χ0v) is 14.3. The second kappa shape index (κ2) is 6.08. The highest BCUT2D eigenvalue weighted by Gasteiger charge is 2.49. The summed E-state index contributed by atoms with van der Waals surface area (Å²) in [5.74, 6) is 1.21. The van der Waals surface area contributed by atoms with Gasteiger partial charge >= 0.3 is 6.03 Å². The molecule has 1 saturated heterocycles. The van der Waals surface area contributed by atoms with Crippen molar-refractivity contribution >= 4 is 11.9 Å². The number of carbonyl (C=O) groups is 2. The van der Waals surface area contributed by atoms with Crippen LogP contribution in [0.1, 0.15) is 24.2 Å². The molecule has 9 nitrogen and oxygen atoms in total. The largest absolute Gasteiger partial charge is 0.493 e. The lowest BCUT2D eigenvalue weighted by atomic mass is 9.91. The average Bonchev–Trinajstić information content (AvgIpc) is 3.11. The minimum Gasteiger partial charge on any atom is -0.493 e. The van der Waals surface area contributed by atoms with E-state index in [-0.39, 0.29) is 12.4 Å². The Morgan fingerprint density at radius 3 is 2.56 bits per heavy atom. The lowest BCUT2D eigenvalue weighted by molar-refractivity contribution is -0.131. The van der Waals surface area contributed by atoms with Gasteiger partial charge in [-0.25, -0.2) is 4.79 Å². The third-order valence-electron chi connectivity index (χ3n) is 4.10. The van der Waals surface area contributed by atoms with Crippen LogP contribution in [0.3, 0.4) is 0 Å². The Morgan fingerprint density at radius 1 is 1.24 bits per heavy atom. The molecule has 1 atom stereocenters. The molecule has 1 aliphatic rings. The molecule has 1 aromatic heterocycles. The lowest BCUT2D eigenvalue weighted by Gasteiger charge is -2.23. The van der Waals surface area contributed by atoms with Crippen LogP contribution in [0.15, 0.2) is 22.7 Å². The van der Waals surface area contributed by atoms with Crippen LogP contribution in [-0.2, 0) is 16.9 Å². The Balaban J connectivity index is 1.91. The van der Waals surface area contributed by atoms with Crippen LogP contribution >= 0.6 is 0 Å². The first-order chi connectivity index (χ1) is 11.9. The first-order valence-corrected chi connectivity index (χ1v) is 7.55. The maximum absolute atomic E-state index is 12.9. The highest BCUT2D eigenvalue weighted by atomic mass is 16.5. The molecule has 132 valence electrons. The topological polar surface area (TPSA) is 107 Å². The van der Waals surface area contributed by atoms with Crippen molar-refractivity contribution in [3.63, 3.8) is 0 Å². The molecule has 0 spiro atoms.